The molecule has 0 aliphatic carbocycles. The number of aliphatic hydroxyl groups excluding tert-OH is 1. The molecule has 4 N–H and O–H groups in total. The number of thioether (sulfide) groups is 1. The van der Waals surface area contributed by atoms with Crippen LogP contribution in [0.3, 0.4) is 0 Å². The van der Waals surface area contributed by atoms with Crippen molar-refractivity contribution in [3.63, 3.8) is 0 Å². The number of carbonyl (C=O) groups excluding carboxylic acids is 2. The van der Waals surface area contributed by atoms with E-state index in [1.54, 1.807) is 25.1 Å². The van der Waals surface area contributed by atoms with Crippen molar-refractivity contribution >= 4 is 35.5 Å². The minimum absolute atomic E-state index is 0.00838. The third-order valence-electron chi connectivity index (χ3n) is 4.89. The van der Waals surface area contributed by atoms with Gasteiger partial charge in [0.25, 0.3) is 11.8 Å². The first kappa shape index (κ1) is 20.9. The second kappa shape index (κ2) is 8.26. The Hall–Kier alpha value is -2.85. The lowest BCUT2D eigenvalue weighted by atomic mass is 9.99. The number of benzene rings is 1. The van der Waals surface area contributed by atoms with E-state index in [0.717, 1.165) is 10.5 Å². The molecule has 2 atom stereocenters. The number of nitrogens with zero attached hydrogens (tertiary/aromatic N) is 1. The Morgan fingerprint density at radius 1 is 1.28 bits per heavy atom. The summed E-state index contributed by atoms with van der Waals surface area (Å²) in [5.41, 5.74) is 1.86. The molecule has 2 amide bonds. The highest BCUT2D eigenvalue weighted by atomic mass is 32.2. The number of carboxylic acid groups (broad SMARTS) is 2. The first-order valence-electron chi connectivity index (χ1n) is 8.87. The topological polar surface area (TPSA) is 144 Å². The van der Waals surface area contributed by atoms with E-state index < -0.39 is 41.8 Å². The minimum Gasteiger partial charge on any atom is -0.481 e. The Balaban J connectivity index is 1.71. The predicted molar refractivity (Wildman–Crippen MR) is 103 cm³/mol. The molecule has 2 aliphatic heterocycles. The Morgan fingerprint density at radius 3 is 2.59 bits per heavy atom. The van der Waals surface area contributed by atoms with Gasteiger partial charge in [0, 0.05) is 17.7 Å². The standard InChI is InChI=1S/C19H20N2O7S/c1-9-6-10(3-5-13(23)24)2-4-12(9)16(25)20-14-17(26)21-15(19(27)28)11(7-22)8-29-18(14)21/h2,4,6,14,18,22H,3,5,7-8H2,1H3,(H,20,25)(H,23,24)(H,27,28)/t14-,18-/m0/s1. The molecule has 2 heterocycles. The average Bonchev–Trinajstić information content (AvgIpc) is 2.68. The van der Waals surface area contributed by atoms with Crippen LogP contribution in [0.25, 0.3) is 0 Å². The van der Waals surface area contributed by atoms with Crippen molar-refractivity contribution in [3.05, 3.63) is 46.2 Å². The molecule has 0 spiro atoms. The maximum absolute atomic E-state index is 12.6. The summed E-state index contributed by atoms with van der Waals surface area (Å²) in [4.78, 5) is 48.4. The summed E-state index contributed by atoms with van der Waals surface area (Å²) in [5.74, 6) is -2.92. The van der Waals surface area contributed by atoms with Crippen LogP contribution < -0.4 is 5.32 Å². The third kappa shape index (κ3) is 3.99. The van der Waals surface area contributed by atoms with Crippen LogP contribution in [-0.2, 0) is 20.8 Å². The average molecular weight is 420 g/mol. The van der Waals surface area contributed by atoms with Crippen molar-refractivity contribution in [1.29, 1.82) is 0 Å². The highest BCUT2D eigenvalue weighted by molar-refractivity contribution is 8.00. The molecular formula is C19H20N2O7S. The van der Waals surface area contributed by atoms with Gasteiger partial charge in [-0.05, 0) is 36.1 Å². The number of nitrogens with one attached hydrogen (secondary N) is 1. The van der Waals surface area contributed by atoms with Gasteiger partial charge >= 0.3 is 11.9 Å². The molecule has 10 heteroatoms. The fourth-order valence-electron chi connectivity index (χ4n) is 3.41. The Morgan fingerprint density at radius 2 is 2.00 bits per heavy atom. The van der Waals surface area contributed by atoms with Gasteiger partial charge in [-0.25, -0.2) is 4.79 Å². The zero-order chi connectivity index (χ0) is 21.3. The lowest BCUT2D eigenvalue weighted by Gasteiger charge is -2.49. The van der Waals surface area contributed by atoms with E-state index in [9.17, 15) is 29.4 Å². The van der Waals surface area contributed by atoms with Crippen LogP contribution in [0.15, 0.2) is 29.5 Å². The molecule has 1 aromatic carbocycles. The Bertz CT molecular complexity index is 927. The number of aryl methyl sites for hydroxylation is 2. The van der Waals surface area contributed by atoms with Crippen molar-refractivity contribution in [2.75, 3.05) is 12.4 Å². The van der Waals surface area contributed by atoms with E-state index >= 15 is 0 Å². The van der Waals surface area contributed by atoms with Gasteiger partial charge in [-0.2, -0.15) is 0 Å². The number of rotatable bonds is 7. The molecule has 1 saturated heterocycles. The molecule has 2 aliphatic rings. The third-order valence-corrected chi connectivity index (χ3v) is 6.23. The predicted octanol–water partition coefficient (Wildman–Crippen LogP) is 0.357. The summed E-state index contributed by atoms with van der Waals surface area (Å²) in [6, 6.07) is 4.14. The number of hydrogen-bond donors (Lipinski definition) is 4. The normalized spacial score (nSPS) is 20.8. The number of amides is 2. The van der Waals surface area contributed by atoms with Crippen LogP contribution in [0.1, 0.15) is 27.9 Å². The molecular weight excluding hydrogens is 400 g/mol. The smallest absolute Gasteiger partial charge is 0.352 e. The van der Waals surface area contributed by atoms with Gasteiger partial charge in [-0.15, -0.1) is 11.8 Å². The summed E-state index contributed by atoms with van der Waals surface area (Å²) in [5, 5.41) is 29.6. The number of carboxylic acids is 2. The van der Waals surface area contributed by atoms with E-state index in [2.05, 4.69) is 5.32 Å². The zero-order valence-electron chi connectivity index (χ0n) is 15.5. The highest BCUT2D eigenvalue weighted by Crippen LogP contribution is 2.40. The van der Waals surface area contributed by atoms with Crippen molar-refractivity contribution in [3.8, 4) is 0 Å². The Labute approximate surface area is 170 Å². The van der Waals surface area contributed by atoms with Crippen LogP contribution in [0, 0.1) is 6.92 Å². The van der Waals surface area contributed by atoms with Crippen LogP contribution in [-0.4, -0.2) is 67.7 Å². The lowest BCUT2D eigenvalue weighted by Crippen LogP contribution is -2.70. The molecule has 154 valence electrons. The Kier molecular flexibility index (Phi) is 5.94. The quantitative estimate of drug-likeness (QED) is 0.463. The number of aliphatic carboxylic acids is 2. The van der Waals surface area contributed by atoms with E-state index in [0.29, 0.717) is 17.5 Å². The number of aliphatic hydroxyl groups is 1. The first-order valence-corrected chi connectivity index (χ1v) is 9.92. The van der Waals surface area contributed by atoms with Gasteiger partial charge in [0.15, 0.2) is 0 Å². The summed E-state index contributed by atoms with van der Waals surface area (Å²) in [7, 11) is 0. The molecule has 1 aromatic rings. The van der Waals surface area contributed by atoms with E-state index in [-0.39, 0.29) is 23.4 Å². The van der Waals surface area contributed by atoms with Crippen LogP contribution in [0.2, 0.25) is 0 Å². The van der Waals surface area contributed by atoms with Gasteiger partial charge in [0.1, 0.15) is 17.1 Å². The summed E-state index contributed by atoms with van der Waals surface area (Å²) >= 11 is 1.29. The molecule has 1 fully saturated rings. The highest BCUT2D eigenvalue weighted by Gasteiger charge is 2.54. The number of carbonyl (C=O) groups is 4. The fraction of sp³-hybridized carbons (Fsp3) is 0.368. The van der Waals surface area contributed by atoms with Gasteiger partial charge in [0.05, 0.1) is 6.61 Å². The SMILES string of the molecule is Cc1cc(CCC(=O)O)ccc1C(=O)N[C@H]1C(=O)N2C(C(=O)O)=C(CO)CS[C@@H]12. The second-order valence-corrected chi connectivity index (χ2v) is 7.92. The van der Waals surface area contributed by atoms with Crippen LogP contribution in [0.4, 0.5) is 0 Å². The first-order chi connectivity index (χ1) is 13.7. The summed E-state index contributed by atoms with van der Waals surface area (Å²) < 4.78 is 0. The molecule has 0 unspecified atom stereocenters. The minimum atomic E-state index is -1.29. The molecule has 9 nitrogen and oxygen atoms in total. The van der Waals surface area contributed by atoms with Crippen molar-refractivity contribution < 1.29 is 34.5 Å². The maximum atomic E-state index is 12.6. The second-order valence-electron chi connectivity index (χ2n) is 6.82. The van der Waals surface area contributed by atoms with Gasteiger partial charge in [-0.3, -0.25) is 19.3 Å². The van der Waals surface area contributed by atoms with Gasteiger partial charge < -0.3 is 20.6 Å². The lowest BCUT2D eigenvalue weighted by molar-refractivity contribution is -0.148. The van der Waals surface area contributed by atoms with E-state index in [1.165, 1.54) is 11.8 Å². The number of hydrogen-bond acceptors (Lipinski definition) is 6. The number of fused-ring (bicyclic) bond motifs is 1. The molecule has 0 aromatic heterocycles. The molecule has 0 bridgehead atoms. The van der Waals surface area contributed by atoms with Crippen molar-refractivity contribution in [2.24, 2.45) is 0 Å². The van der Waals surface area contributed by atoms with Crippen LogP contribution in [0.5, 0.6) is 0 Å². The summed E-state index contributed by atoms with van der Waals surface area (Å²) in [6.07, 6.45) is 0.343. The van der Waals surface area contributed by atoms with Crippen molar-refractivity contribution in [1.82, 2.24) is 10.2 Å². The van der Waals surface area contributed by atoms with E-state index in [4.69, 9.17) is 5.11 Å². The molecule has 29 heavy (non-hydrogen) atoms. The molecule has 0 saturated carbocycles. The maximum Gasteiger partial charge on any atom is 0.352 e. The summed E-state index contributed by atoms with van der Waals surface area (Å²) in [6.45, 7) is 1.28. The fourth-order valence-corrected chi connectivity index (χ4v) is 4.75. The molecule has 0 radical (unpaired) electrons. The van der Waals surface area contributed by atoms with Crippen LogP contribution >= 0.6 is 11.8 Å². The van der Waals surface area contributed by atoms with Gasteiger partial charge in [-0.1, -0.05) is 12.1 Å². The van der Waals surface area contributed by atoms with Gasteiger partial charge in [0.2, 0.25) is 0 Å². The monoisotopic (exact) mass is 420 g/mol. The largest absolute Gasteiger partial charge is 0.481 e. The van der Waals surface area contributed by atoms with E-state index in [1.807, 2.05) is 0 Å². The zero-order valence-corrected chi connectivity index (χ0v) is 16.4. The molecule has 3 rings (SSSR count). The van der Waals surface area contributed by atoms with Crippen molar-refractivity contribution in [2.45, 2.75) is 31.2 Å². The number of β-lactam (4-membered cyclic amide) rings is 1.